The van der Waals surface area contributed by atoms with Crippen LogP contribution in [0.1, 0.15) is 56.2 Å². The number of aromatic nitrogens is 1. The van der Waals surface area contributed by atoms with Crippen LogP contribution >= 0.6 is 0 Å². The molecule has 0 radical (unpaired) electrons. The van der Waals surface area contributed by atoms with Crippen LogP contribution in [0.4, 0.5) is 0 Å². The molecule has 0 aromatic carbocycles. The van der Waals surface area contributed by atoms with Crippen molar-refractivity contribution in [3.63, 3.8) is 0 Å². The fourth-order valence-electron chi connectivity index (χ4n) is 3.28. The van der Waals surface area contributed by atoms with Crippen LogP contribution in [0.3, 0.4) is 0 Å². The van der Waals surface area contributed by atoms with Crippen molar-refractivity contribution in [3.05, 3.63) is 29.6 Å². The van der Waals surface area contributed by atoms with Crippen molar-refractivity contribution < 1.29 is 9.90 Å². The molecule has 0 spiro atoms. The molecular weight excluding hydrogens is 264 g/mol. The molecule has 21 heavy (non-hydrogen) atoms. The largest absolute Gasteiger partial charge is 0.481 e. The van der Waals surface area contributed by atoms with Crippen LogP contribution in [0.25, 0.3) is 0 Å². The third-order valence-corrected chi connectivity index (χ3v) is 4.50. The number of pyridine rings is 1. The summed E-state index contributed by atoms with van der Waals surface area (Å²) in [5.74, 6) is -0.870. The van der Waals surface area contributed by atoms with Crippen LogP contribution in [-0.4, -0.2) is 34.0 Å². The molecule has 1 N–H and O–H groups in total. The van der Waals surface area contributed by atoms with Gasteiger partial charge in [0, 0.05) is 25.0 Å². The Morgan fingerprint density at radius 2 is 2.38 bits per heavy atom. The number of aryl methyl sites for hydroxylation is 1. The maximum Gasteiger partial charge on any atom is 0.307 e. The molecule has 1 aliphatic rings. The van der Waals surface area contributed by atoms with Crippen molar-refractivity contribution in [3.8, 4) is 0 Å². The maximum atomic E-state index is 11.3. The Hall–Kier alpha value is -1.42. The lowest BCUT2D eigenvalue weighted by atomic mass is 9.91. The average Bonchev–Trinajstić information content (AvgIpc) is 2.49. The fraction of sp³-hybridized carbons (Fsp3) is 0.647. The van der Waals surface area contributed by atoms with Gasteiger partial charge in [0.2, 0.25) is 0 Å². The van der Waals surface area contributed by atoms with Crippen LogP contribution in [0.15, 0.2) is 18.5 Å². The summed E-state index contributed by atoms with van der Waals surface area (Å²) in [6.45, 7) is 5.97. The molecule has 4 heteroatoms. The zero-order chi connectivity index (χ0) is 15.2. The summed E-state index contributed by atoms with van der Waals surface area (Å²) in [6.07, 6.45) is 8.96. The molecule has 116 valence electrons. The summed E-state index contributed by atoms with van der Waals surface area (Å²) in [4.78, 5) is 17.9. The predicted molar refractivity (Wildman–Crippen MR) is 83.2 cm³/mol. The molecule has 4 nitrogen and oxygen atoms in total. The summed E-state index contributed by atoms with van der Waals surface area (Å²) in [7, 11) is 0. The minimum absolute atomic E-state index is 0.218. The number of carboxylic acid groups (broad SMARTS) is 1. The highest BCUT2D eigenvalue weighted by Gasteiger charge is 2.30. The lowest BCUT2D eigenvalue weighted by molar-refractivity contribution is -0.144. The van der Waals surface area contributed by atoms with E-state index in [2.05, 4.69) is 29.8 Å². The van der Waals surface area contributed by atoms with Gasteiger partial charge in [0.25, 0.3) is 0 Å². The predicted octanol–water partition coefficient (Wildman–Crippen LogP) is 3.42. The fourth-order valence-corrected chi connectivity index (χ4v) is 3.28. The van der Waals surface area contributed by atoms with Gasteiger partial charge in [-0.15, -0.1) is 0 Å². The molecule has 1 aromatic heterocycles. The Bertz CT molecular complexity index is 476. The van der Waals surface area contributed by atoms with Gasteiger partial charge in [0.05, 0.1) is 5.92 Å². The number of rotatable bonds is 6. The molecule has 2 rings (SSSR count). The van der Waals surface area contributed by atoms with Crippen molar-refractivity contribution in [2.75, 3.05) is 13.1 Å². The Balaban J connectivity index is 2.19. The Morgan fingerprint density at radius 1 is 1.57 bits per heavy atom. The highest BCUT2D eigenvalue weighted by Crippen LogP contribution is 2.32. The summed E-state index contributed by atoms with van der Waals surface area (Å²) >= 11 is 0. The van der Waals surface area contributed by atoms with Crippen LogP contribution in [0, 0.1) is 12.8 Å². The van der Waals surface area contributed by atoms with Crippen molar-refractivity contribution in [1.29, 1.82) is 0 Å². The van der Waals surface area contributed by atoms with Crippen LogP contribution in [0.2, 0.25) is 0 Å². The van der Waals surface area contributed by atoms with Gasteiger partial charge >= 0.3 is 5.97 Å². The molecule has 0 amide bonds. The molecule has 2 atom stereocenters. The lowest BCUT2D eigenvalue weighted by Crippen LogP contribution is -2.41. The lowest BCUT2D eigenvalue weighted by Gasteiger charge is -2.38. The number of aliphatic carboxylic acids is 1. The smallest absolute Gasteiger partial charge is 0.307 e. The number of carboxylic acids is 1. The van der Waals surface area contributed by atoms with E-state index < -0.39 is 5.97 Å². The number of unbranched alkanes of at least 4 members (excludes halogenated alkanes) is 1. The molecule has 2 unspecified atom stereocenters. The average molecular weight is 290 g/mol. The highest BCUT2D eigenvalue weighted by molar-refractivity contribution is 5.70. The zero-order valence-corrected chi connectivity index (χ0v) is 13.1. The number of carbonyl (C=O) groups is 1. The van der Waals surface area contributed by atoms with E-state index in [-0.39, 0.29) is 5.92 Å². The molecule has 1 aromatic rings. The summed E-state index contributed by atoms with van der Waals surface area (Å²) in [6, 6.07) is 2.43. The second-order valence-electron chi connectivity index (χ2n) is 6.06. The van der Waals surface area contributed by atoms with E-state index in [1.165, 1.54) is 17.5 Å². The topological polar surface area (TPSA) is 53.4 Å². The van der Waals surface area contributed by atoms with Gasteiger partial charge in [-0.1, -0.05) is 19.8 Å². The number of nitrogens with zero attached hydrogens (tertiary/aromatic N) is 2. The second-order valence-corrected chi connectivity index (χ2v) is 6.06. The number of piperidine rings is 1. The van der Waals surface area contributed by atoms with Crippen molar-refractivity contribution >= 4 is 5.97 Å². The molecular formula is C17H26N2O2. The van der Waals surface area contributed by atoms with Crippen LogP contribution < -0.4 is 0 Å². The van der Waals surface area contributed by atoms with Crippen LogP contribution in [-0.2, 0) is 4.79 Å². The van der Waals surface area contributed by atoms with E-state index in [9.17, 15) is 9.90 Å². The number of likely N-dealkylation sites (tertiary alicyclic amines) is 1. The first kappa shape index (κ1) is 16.0. The standard InChI is InChI=1S/C17H26N2O2/c1-3-4-7-16(15-8-9-18-11-13(15)2)19-10-5-6-14(12-19)17(20)21/h8-9,11,14,16H,3-7,10,12H2,1-2H3,(H,20,21). The van der Waals surface area contributed by atoms with E-state index in [0.717, 1.165) is 32.2 Å². The van der Waals surface area contributed by atoms with Crippen molar-refractivity contribution in [2.24, 2.45) is 5.92 Å². The third kappa shape index (κ3) is 4.03. The van der Waals surface area contributed by atoms with Crippen molar-refractivity contribution in [1.82, 2.24) is 9.88 Å². The van der Waals surface area contributed by atoms with Gasteiger partial charge in [0.15, 0.2) is 0 Å². The summed E-state index contributed by atoms with van der Waals surface area (Å²) < 4.78 is 0. The Kier molecular flexibility index (Phi) is 5.74. The van der Waals surface area contributed by atoms with Gasteiger partial charge < -0.3 is 5.11 Å². The molecule has 0 bridgehead atoms. The van der Waals surface area contributed by atoms with Crippen LogP contribution in [0.5, 0.6) is 0 Å². The minimum Gasteiger partial charge on any atom is -0.481 e. The normalized spacial score (nSPS) is 21.1. The van der Waals surface area contributed by atoms with E-state index >= 15 is 0 Å². The molecule has 0 aliphatic carbocycles. The minimum atomic E-state index is -0.652. The zero-order valence-electron chi connectivity index (χ0n) is 13.1. The first-order valence-electron chi connectivity index (χ1n) is 8.00. The van der Waals surface area contributed by atoms with E-state index in [4.69, 9.17) is 0 Å². The monoisotopic (exact) mass is 290 g/mol. The van der Waals surface area contributed by atoms with E-state index in [1.54, 1.807) is 0 Å². The molecule has 0 saturated carbocycles. The van der Waals surface area contributed by atoms with Gasteiger partial charge in [0.1, 0.15) is 0 Å². The van der Waals surface area contributed by atoms with Gasteiger partial charge in [-0.05, 0) is 49.9 Å². The Morgan fingerprint density at radius 3 is 3.05 bits per heavy atom. The van der Waals surface area contributed by atoms with E-state index in [0.29, 0.717) is 12.6 Å². The van der Waals surface area contributed by atoms with E-state index in [1.807, 2.05) is 12.4 Å². The first-order chi connectivity index (χ1) is 10.1. The van der Waals surface area contributed by atoms with Crippen molar-refractivity contribution in [2.45, 2.75) is 52.0 Å². The van der Waals surface area contributed by atoms with Gasteiger partial charge in [-0.2, -0.15) is 0 Å². The Labute approximate surface area is 127 Å². The van der Waals surface area contributed by atoms with Gasteiger partial charge in [-0.25, -0.2) is 0 Å². The molecule has 1 aliphatic heterocycles. The summed E-state index contributed by atoms with van der Waals surface area (Å²) in [5, 5.41) is 9.30. The quantitative estimate of drug-likeness (QED) is 0.872. The molecule has 2 heterocycles. The molecule has 1 fully saturated rings. The highest BCUT2D eigenvalue weighted by atomic mass is 16.4. The van der Waals surface area contributed by atoms with Gasteiger partial charge in [-0.3, -0.25) is 14.7 Å². The third-order valence-electron chi connectivity index (χ3n) is 4.50. The molecule has 1 saturated heterocycles. The number of hydrogen-bond acceptors (Lipinski definition) is 3. The SMILES string of the molecule is CCCCC(c1ccncc1C)N1CCCC(C(=O)O)C1. The maximum absolute atomic E-state index is 11.3. The first-order valence-corrected chi connectivity index (χ1v) is 8.00. The number of hydrogen-bond donors (Lipinski definition) is 1. The summed E-state index contributed by atoms with van der Waals surface area (Å²) in [5.41, 5.74) is 2.51. The second kappa shape index (κ2) is 7.55.